The average Bonchev–Trinajstić information content (AvgIpc) is 2.69. The molecule has 0 bridgehead atoms. The van der Waals surface area contributed by atoms with Gasteiger partial charge < -0.3 is 14.6 Å². The smallest absolute Gasteiger partial charge is 0.284 e. The van der Waals surface area contributed by atoms with Crippen LogP contribution in [0.2, 0.25) is 0 Å². The zero-order valence-corrected chi connectivity index (χ0v) is 17.5. The Morgan fingerprint density at radius 1 is 1.11 bits per heavy atom. The number of fused-ring (bicyclic) bond motifs is 2. The fourth-order valence-corrected chi connectivity index (χ4v) is 4.01. The molecule has 0 aromatic heterocycles. The summed E-state index contributed by atoms with van der Waals surface area (Å²) in [5.74, 6) is 0.831. The van der Waals surface area contributed by atoms with Gasteiger partial charge in [-0.3, -0.25) is 4.79 Å². The number of halogens is 2. The van der Waals surface area contributed by atoms with Gasteiger partial charge in [0.05, 0.1) is 15.2 Å². The molecule has 1 aliphatic rings. The Balaban J connectivity index is 1.44. The van der Waals surface area contributed by atoms with Crippen LogP contribution in [0.5, 0.6) is 17.2 Å². The molecule has 1 atom stereocenters. The van der Waals surface area contributed by atoms with Gasteiger partial charge in [0.1, 0.15) is 12.4 Å². The number of carbonyl (C=O) groups is 1. The number of rotatable bonds is 3. The molecule has 0 radical (unpaired) electrons. The molecule has 1 heterocycles. The molecule has 6 nitrogen and oxygen atoms in total. The van der Waals surface area contributed by atoms with Crippen LogP contribution in [-0.2, 0) is 4.79 Å². The number of aromatic hydroxyl groups is 1. The van der Waals surface area contributed by atoms with E-state index in [0.717, 1.165) is 10.8 Å². The second-order valence-electron chi connectivity index (χ2n) is 6.13. The fourth-order valence-electron chi connectivity index (χ4n) is 2.79. The SMILES string of the molecule is O=C(NN=Cc1cc(Br)c(O)c(Br)c1)C1COc2cc3ccccc3cc2O1. The van der Waals surface area contributed by atoms with Gasteiger partial charge in [-0.15, -0.1) is 0 Å². The van der Waals surface area contributed by atoms with Crippen molar-refractivity contribution in [3.05, 3.63) is 63.0 Å². The van der Waals surface area contributed by atoms with E-state index in [9.17, 15) is 9.90 Å². The van der Waals surface area contributed by atoms with Crippen molar-refractivity contribution >= 4 is 54.8 Å². The minimum atomic E-state index is -0.802. The molecule has 1 amide bonds. The molecule has 0 saturated heterocycles. The Morgan fingerprint density at radius 3 is 2.43 bits per heavy atom. The normalized spacial score (nSPS) is 15.7. The van der Waals surface area contributed by atoms with Gasteiger partial charge in [0.25, 0.3) is 5.91 Å². The summed E-state index contributed by atoms with van der Waals surface area (Å²) in [6.45, 7) is 0.100. The molecule has 3 aromatic carbocycles. The summed E-state index contributed by atoms with van der Waals surface area (Å²) in [6, 6.07) is 15.0. The lowest BCUT2D eigenvalue weighted by molar-refractivity contribution is -0.130. The van der Waals surface area contributed by atoms with Crippen LogP contribution in [0.1, 0.15) is 5.56 Å². The lowest BCUT2D eigenvalue weighted by Crippen LogP contribution is -2.42. The highest BCUT2D eigenvalue weighted by molar-refractivity contribution is 9.11. The van der Waals surface area contributed by atoms with Crippen molar-refractivity contribution in [3.63, 3.8) is 0 Å². The topological polar surface area (TPSA) is 80.2 Å². The van der Waals surface area contributed by atoms with Crippen LogP contribution in [0.4, 0.5) is 0 Å². The van der Waals surface area contributed by atoms with Gasteiger partial charge in [-0.2, -0.15) is 5.10 Å². The molecule has 1 unspecified atom stereocenters. The summed E-state index contributed by atoms with van der Waals surface area (Å²) >= 11 is 6.49. The summed E-state index contributed by atoms with van der Waals surface area (Å²) in [4.78, 5) is 12.4. The first kappa shape index (κ1) is 18.8. The van der Waals surface area contributed by atoms with Crippen LogP contribution >= 0.6 is 31.9 Å². The van der Waals surface area contributed by atoms with Crippen LogP contribution in [0.15, 0.2) is 62.6 Å². The van der Waals surface area contributed by atoms with E-state index in [4.69, 9.17) is 9.47 Å². The second kappa shape index (κ2) is 7.81. The maximum atomic E-state index is 12.4. The Bertz CT molecular complexity index is 1080. The number of carbonyl (C=O) groups excluding carboxylic acids is 1. The van der Waals surface area contributed by atoms with Gasteiger partial charge in [0, 0.05) is 0 Å². The molecule has 28 heavy (non-hydrogen) atoms. The largest absolute Gasteiger partial charge is 0.506 e. The van der Waals surface area contributed by atoms with Crippen molar-refractivity contribution < 1.29 is 19.4 Å². The predicted octanol–water partition coefficient (Wildman–Crippen LogP) is 4.36. The third-order valence-electron chi connectivity index (χ3n) is 4.19. The van der Waals surface area contributed by atoms with Crippen molar-refractivity contribution in [1.82, 2.24) is 5.43 Å². The summed E-state index contributed by atoms with van der Waals surface area (Å²) in [6.07, 6.45) is 0.668. The quantitative estimate of drug-likeness (QED) is 0.409. The van der Waals surface area contributed by atoms with Crippen molar-refractivity contribution in [2.75, 3.05) is 6.61 Å². The molecule has 0 spiro atoms. The van der Waals surface area contributed by atoms with Crippen LogP contribution in [0.25, 0.3) is 10.8 Å². The summed E-state index contributed by atoms with van der Waals surface area (Å²) < 4.78 is 12.5. The highest BCUT2D eigenvalue weighted by Gasteiger charge is 2.27. The van der Waals surface area contributed by atoms with E-state index in [-0.39, 0.29) is 12.4 Å². The van der Waals surface area contributed by atoms with Crippen LogP contribution in [0.3, 0.4) is 0 Å². The number of nitrogens with zero attached hydrogens (tertiary/aromatic N) is 1. The number of hydrazone groups is 1. The van der Waals surface area contributed by atoms with Crippen molar-refractivity contribution in [2.45, 2.75) is 6.10 Å². The number of benzene rings is 3. The molecule has 3 aromatic rings. The Kier molecular flexibility index (Phi) is 5.23. The summed E-state index contributed by atoms with van der Waals surface area (Å²) in [5.41, 5.74) is 3.14. The van der Waals surface area contributed by atoms with Gasteiger partial charge in [-0.1, -0.05) is 24.3 Å². The third kappa shape index (κ3) is 3.83. The molecular formula is C20H14Br2N2O4. The highest BCUT2D eigenvalue weighted by atomic mass is 79.9. The van der Waals surface area contributed by atoms with Gasteiger partial charge in [-0.05, 0) is 72.5 Å². The molecule has 8 heteroatoms. The molecule has 0 saturated carbocycles. The Labute approximate surface area is 177 Å². The highest BCUT2D eigenvalue weighted by Crippen LogP contribution is 2.36. The maximum Gasteiger partial charge on any atom is 0.284 e. The number of phenolic OH excluding ortho intramolecular Hbond substituents is 1. The lowest BCUT2D eigenvalue weighted by atomic mass is 10.1. The molecule has 4 rings (SSSR count). The predicted molar refractivity (Wildman–Crippen MR) is 113 cm³/mol. The molecular weight excluding hydrogens is 492 g/mol. The van der Waals surface area contributed by atoms with Crippen LogP contribution in [0, 0.1) is 0 Å². The lowest BCUT2D eigenvalue weighted by Gasteiger charge is -2.25. The summed E-state index contributed by atoms with van der Waals surface area (Å²) in [5, 5.41) is 15.7. The number of ether oxygens (including phenoxy) is 2. The maximum absolute atomic E-state index is 12.4. The van der Waals surface area contributed by atoms with E-state index in [1.807, 2.05) is 36.4 Å². The standard InChI is InChI=1S/C20H14Br2N2O4/c21-14-5-11(6-15(22)19(14)25)9-23-24-20(26)18-10-27-16-7-12-3-1-2-4-13(12)8-17(16)28-18/h1-9,18,25H,10H2,(H,24,26). The minimum absolute atomic E-state index is 0.0973. The molecule has 0 aliphatic carbocycles. The number of phenols is 1. The molecule has 1 aliphatic heterocycles. The van der Waals surface area contributed by atoms with Gasteiger partial charge in [0.2, 0.25) is 6.10 Å². The van der Waals surface area contributed by atoms with E-state index in [0.29, 0.717) is 26.0 Å². The Morgan fingerprint density at radius 2 is 1.75 bits per heavy atom. The monoisotopic (exact) mass is 504 g/mol. The van der Waals surface area contributed by atoms with E-state index in [1.54, 1.807) is 12.1 Å². The zero-order valence-electron chi connectivity index (χ0n) is 14.4. The van der Waals surface area contributed by atoms with E-state index in [1.165, 1.54) is 6.21 Å². The molecule has 2 N–H and O–H groups in total. The number of amides is 1. The van der Waals surface area contributed by atoms with Crippen molar-refractivity contribution in [3.8, 4) is 17.2 Å². The van der Waals surface area contributed by atoms with Gasteiger partial charge in [-0.25, -0.2) is 5.43 Å². The zero-order chi connectivity index (χ0) is 19.7. The van der Waals surface area contributed by atoms with Crippen LogP contribution < -0.4 is 14.9 Å². The molecule has 0 fully saturated rings. The molecule has 142 valence electrons. The number of hydrogen-bond donors (Lipinski definition) is 2. The second-order valence-corrected chi connectivity index (χ2v) is 7.84. The third-order valence-corrected chi connectivity index (χ3v) is 5.40. The first-order valence-electron chi connectivity index (χ1n) is 8.34. The van der Waals surface area contributed by atoms with E-state index >= 15 is 0 Å². The van der Waals surface area contributed by atoms with Crippen molar-refractivity contribution in [2.24, 2.45) is 5.10 Å². The van der Waals surface area contributed by atoms with E-state index < -0.39 is 12.0 Å². The number of nitrogens with one attached hydrogen (secondary N) is 1. The van der Waals surface area contributed by atoms with Crippen LogP contribution in [-0.4, -0.2) is 29.9 Å². The summed E-state index contributed by atoms with van der Waals surface area (Å²) in [7, 11) is 0. The van der Waals surface area contributed by atoms with E-state index in [2.05, 4.69) is 42.4 Å². The van der Waals surface area contributed by atoms with Gasteiger partial charge >= 0.3 is 0 Å². The fraction of sp³-hybridized carbons (Fsp3) is 0.100. The minimum Gasteiger partial charge on any atom is -0.506 e. The first-order chi connectivity index (χ1) is 13.5. The number of hydrogen-bond acceptors (Lipinski definition) is 5. The van der Waals surface area contributed by atoms with Crippen molar-refractivity contribution in [1.29, 1.82) is 0 Å². The average molecular weight is 506 g/mol. The van der Waals surface area contributed by atoms with Gasteiger partial charge in [0.15, 0.2) is 11.5 Å². The Hall–Kier alpha value is -2.58. The first-order valence-corrected chi connectivity index (χ1v) is 9.93.